The van der Waals surface area contributed by atoms with E-state index in [0.717, 1.165) is 28.4 Å². The molecule has 0 atom stereocenters. The van der Waals surface area contributed by atoms with E-state index in [1.165, 1.54) is 25.7 Å². The van der Waals surface area contributed by atoms with Crippen LogP contribution >= 0.6 is 15.9 Å². The van der Waals surface area contributed by atoms with Crippen LogP contribution < -0.4 is 5.73 Å². The van der Waals surface area contributed by atoms with E-state index < -0.39 is 0 Å². The van der Waals surface area contributed by atoms with Crippen LogP contribution in [0.15, 0.2) is 4.47 Å². The molecule has 1 aliphatic carbocycles. The van der Waals surface area contributed by atoms with E-state index in [1.807, 2.05) is 11.6 Å². The summed E-state index contributed by atoms with van der Waals surface area (Å²) in [6.45, 7) is 2.96. The smallest absolute Gasteiger partial charge is 0.136 e. The van der Waals surface area contributed by atoms with E-state index in [9.17, 15) is 0 Å². The SMILES string of the molecule is Cc1nn(CC2CCCC2)c(N)c1Br. The number of aryl methyl sites for hydroxylation is 1. The maximum atomic E-state index is 5.94. The Kier molecular flexibility index (Phi) is 2.81. The Morgan fingerprint density at radius 3 is 2.64 bits per heavy atom. The molecule has 2 rings (SSSR count). The lowest BCUT2D eigenvalue weighted by Gasteiger charge is -2.09. The summed E-state index contributed by atoms with van der Waals surface area (Å²) in [5.41, 5.74) is 6.92. The number of aromatic nitrogens is 2. The molecule has 1 fully saturated rings. The number of nitrogen functional groups attached to an aromatic ring is 1. The van der Waals surface area contributed by atoms with Crippen molar-refractivity contribution >= 4 is 21.7 Å². The Balaban J connectivity index is 2.12. The van der Waals surface area contributed by atoms with E-state index in [0.29, 0.717) is 0 Å². The summed E-state index contributed by atoms with van der Waals surface area (Å²) in [5.74, 6) is 1.55. The third-order valence-corrected chi connectivity index (χ3v) is 3.98. The Morgan fingerprint density at radius 1 is 1.50 bits per heavy atom. The number of hydrogen-bond acceptors (Lipinski definition) is 2. The molecule has 0 unspecified atom stereocenters. The van der Waals surface area contributed by atoms with Crippen molar-refractivity contribution in [2.75, 3.05) is 5.73 Å². The Morgan fingerprint density at radius 2 is 2.14 bits per heavy atom. The largest absolute Gasteiger partial charge is 0.383 e. The second-order valence-corrected chi connectivity index (χ2v) is 4.91. The average molecular weight is 258 g/mol. The van der Waals surface area contributed by atoms with Gasteiger partial charge in [-0.25, -0.2) is 4.68 Å². The number of nitrogens with zero attached hydrogens (tertiary/aromatic N) is 2. The minimum absolute atomic E-state index is 0.773. The first kappa shape index (κ1) is 10.0. The molecule has 1 aromatic rings. The molecule has 1 aliphatic rings. The van der Waals surface area contributed by atoms with Crippen LogP contribution in [-0.4, -0.2) is 9.78 Å². The molecule has 0 amide bonds. The molecule has 0 aliphatic heterocycles. The lowest BCUT2D eigenvalue weighted by molar-refractivity contribution is 0.432. The lowest BCUT2D eigenvalue weighted by atomic mass is 10.1. The molecule has 0 bridgehead atoms. The van der Waals surface area contributed by atoms with Gasteiger partial charge in [-0.3, -0.25) is 0 Å². The first-order chi connectivity index (χ1) is 6.68. The van der Waals surface area contributed by atoms with Gasteiger partial charge in [-0.15, -0.1) is 0 Å². The van der Waals surface area contributed by atoms with Gasteiger partial charge >= 0.3 is 0 Å². The molecular weight excluding hydrogens is 242 g/mol. The predicted molar refractivity (Wildman–Crippen MR) is 61.0 cm³/mol. The second kappa shape index (κ2) is 3.93. The fraction of sp³-hybridized carbons (Fsp3) is 0.700. The molecule has 1 aromatic heterocycles. The highest BCUT2D eigenvalue weighted by atomic mass is 79.9. The van der Waals surface area contributed by atoms with Crippen molar-refractivity contribution in [2.24, 2.45) is 5.92 Å². The third kappa shape index (κ3) is 1.80. The molecule has 4 heteroatoms. The molecule has 0 aromatic carbocycles. The summed E-state index contributed by atoms with van der Waals surface area (Å²) >= 11 is 3.44. The van der Waals surface area contributed by atoms with Crippen molar-refractivity contribution < 1.29 is 0 Å². The minimum atomic E-state index is 0.773. The third-order valence-electron chi connectivity index (χ3n) is 3.00. The molecule has 0 radical (unpaired) electrons. The van der Waals surface area contributed by atoms with Gasteiger partial charge in [-0.05, 0) is 41.6 Å². The van der Waals surface area contributed by atoms with Crippen molar-refractivity contribution in [1.82, 2.24) is 9.78 Å². The van der Waals surface area contributed by atoms with Gasteiger partial charge in [0.1, 0.15) is 5.82 Å². The zero-order valence-electron chi connectivity index (χ0n) is 8.46. The van der Waals surface area contributed by atoms with Gasteiger partial charge in [-0.2, -0.15) is 5.10 Å². The second-order valence-electron chi connectivity index (χ2n) is 4.12. The molecule has 14 heavy (non-hydrogen) atoms. The lowest BCUT2D eigenvalue weighted by Crippen LogP contribution is -2.11. The molecule has 3 nitrogen and oxygen atoms in total. The molecule has 78 valence electrons. The molecule has 1 saturated carbocycles. The highest BCUT2D eigenvalue weighted by Gasteiger charge is 2.18. The van der Waals surface area contributed by atoms with Crippen molar-refractivity contribution in [3.8, 4) is 0 Å². The average Bonchev–Trinajstić information content (AvgIpc) is 2.73. The van der Waals surface area contributed by atoms with Crippen molar-refractivity contribution in [3.05, 3.63) is 10.2 Å². The van der Waals surface area contributed by atoms with Gasteiger partial charge in [0.2, 0.25) is 0 Å². The Labute approximate surface area is 92.8 Å². The number of halogens is 1. The zero-order valence-corrected chi connectivity index (χ0v) is 10.0. The maximum absolute atomic E-state index is 5.94. The van der Waals surface area contributed by atoms with Gasteiger partial charge < -0.3 is 5.73 Å². The zero-order chi connectivity index (χ0) is 10.1. The van der Waals surface area contributed by atoms with E-state index in [-0.39, 0.29) is 0 Å². The van der Waals surface area contributed by atoms with E-state index in [2.05, 4.69) is 21.0 Å². The standard InChI is InChI=1S/C10H16BrN3/c1-7-9(11)10(12)14(13-7)6-8-4-2-3-5-8/h8H,2-6,12H2,1H3. The molecule has 0 saturated heterocycles. The van der Waals surface area contributed by atoms with Crippen LogP contribution in [0.5, 0.6) is 0 Å². The number of hydrogen-bond donors (Lipinski definition) is 1. The number of nitrogens with two attached hydrogens (primary N) is 1. The first-order valence-corrected chi connectivity index (χ1v) is 5.96. The van der Waals surface area contributed by atoms with Crippen LogP contribution in [0, 0.1) is 12.8 Å². The number of rotatable bonds is 2. The predicted octanol–water partition coefficient (Wildman–Crippen LogP) is 2.73. The normalized spacial score (nSPS) is 17.9. The van der Waals surface area contributed by atoms with Crippen molar-refractivity contribution in [1.29, 1.82) is 0 Å². The summed E-state index contributed by atoms with van der Waals surface area (Å²) in [4.78, 5) is 0. The topological polar surface area (TPSA) is 43.8 Å². The van der Waals surface area contributed by atoms with Crippen LogP contribution in [0.25, 0.3) is 0 Å². The van der Waals surface area contributed by atoms with Crippen molar-refractivity contribution in [3.63, 3.8) is 0 Å². The summed E-state index contributed by atoms with van der Waals surface area (Å²) in [5, 5.41) is 4.42. The molecule has 1 heterocycles. The monoisotopic (exact) mass is 257 g/mol. The van der Waals surface area contributed by atoms with Crippen LogP contribution in [0.4, 0.5) is 5.82 Å². The molecule has 2 N–H and O–H groups in total. The summed E-state index contributed by atoms with van der Waals surface area (Å²) in [6.07, 6.45) is 5.39. The summed E-state index contributed by atoms with van der Waals surface area (Å²) in [6, 6.07) is 0. The Bertz CT molecular complexity index is 326. The fourth-order valence-corrected chi connectivity index (χ4v) is 2.44. The molecule has 0 spiro atoms. The number of anilines is 1. The van der Waals surface area contributed by atoms with Gasteiger partial charge in [0, 0.05) is 6.54 Å². The van der Waals surface area contributed by atoms with Gasteiger partial charge in [0.25, 0.3) is 0 Å². The van der Waals surface area contributed by atoms with Gasteiger partial charge in [0.05, 0.1) is 10.2 Å². The van der Waals surface area contributed by atoms with Crippen molar-refractivity contribution in [2.45, 2.75) is 39.2 Å². The minimum Gasteiger partial charge on any atom is -0.383 e. The Hall–Kier alpha value is -0.510. The van der Waals surface area contributed by atoms with E-state index in [1.54, 1.807) is 0 Å². The molecular formula is C10H16BrN3. The van der Waals surface area contributed by atoms with Crippen LogP contribution in [0.2, 0.25) is 0 Å². The summed E-state index contributed by atoms with van der Waals surface area (Å²) < 4.78 is 2.89. The van der Waals surface area contributed by atoms with E-state index >= 15 is 0 Å². The first-order valence-electron chi connectivity index (χ1n) is 5.17. The van der Waals surface area contributed by atoms with E-state index in [4.69, 9.17) is 5.73 Å². The fourth-order valence-electron chi connectivity index (χ4n) is 2.15. The van der Waals surface area contributed by atoms with Gasteiger partial charge in [-0.1, -0.05) is 12.8 Å². The quantitative estimate of drug-likeness (QED) is 0.886. The van der Waals surface area contributed by atoms with Crippen LogP contribution in [0.3, 0.4) is 0 Å². The summed E-state index contributed by atoms with van der Waals surface area (Å²) in [7, 11) is 0. The van der Waals surface area contributed by atoms with Gasteiger partial charge in [0.15, 0.2) is 0 Å². The highest BCUT2D eigenvalue weighted by Crippen LogP contribution is 2.29. The van der Waals surface area contributed by atoms with Crippen LogP contribution in [0.1, 0.15) is 31.4 Å². The highest BCUT2D eigenvalue weighted by molar-refractivity contribution is 9.10. The maximum Gasteiger partial charge on any atom is 0.136 e. The van der Waals surface area contributed by atoms with Crippen LogP contribution in [-0.2, 0) is 6.54 Å².